The van der Waals surface area contributed by atoms with E-state index in [1.165, 1.54) is 5.56 Å². The minimum absolute atomic E-state index is 0.706. The van der Waals surface area contributed by atoms with Crippen molar-refractivity contribution in [2.75, 3.05) is 18.5 Å². The fraction of sp³-hybridized carbons (Fsp3) is 0.294. The normalized spacial score (nSPS) is 13.6. The SMILES string of the molecule is Cc1ccc(Cl)cc1NCc1ccc2c(c1)OCCCO2. The Morgan fingerprint density at radius 3 is 2.71 bits per heavy atom. The van der Waals surface area contributed by atoms with Gasteiger partial charge >= 0.3 is 0 Å². The van der Waals surface area contributed by atoms with Crippen LogP contribution in [-0.4, -0.2) is 13.2 Å². The zero-order valence-electron chi connectivity index (χ0n) is 12.0. The Bertz CT molecular complexity index is 643. The largest absolute Gasteiger partial charge is 0.490 e. The molecule has 3 nitrogen and oxygen atoms in total. The van der Waals surface area contributed by atoms with Crippen molar-refractivity contribution in [1.82, 2.24) is 0 Å². The fourth-order valence-corrected chi connectivity index (χ4v) is 2.47. The third-order valence-corrected chi connectivity index (χ3v) is 3.73. The molecule has 2 aromatic carbocycles. The van der Waals surface area contributed by atoms with Crippen LogP contribution in [0.2, 0.25) is 5.02 Å². The first-order chi connectivity index (χ1) is 10.2. The molecule has 1 N–H and O–H groups in total. The number of halogens is 1. The molecule has 0 spiro atoms. The van der Waals surface area contributed by atoms with Crippen molar-refractivity contribution in [1.29, 1.82) is 0 Å². The van der Waals surface area contributed by atoms with Gasteiger partial charge in [-0.15, -0.1) is 0 Å². The predicted molar refractivity (Wildman–Crippen MR) is 85.6 cm³/mol. The van der Waals surface area contributed by atoms with Gasteiger partial charge in [0.1, 0.15) is 0 Å². The second-order valence-electron chi connectivity index (χ2n) is 5.14. The Morgan fingerprint density at radius 2 is 1.86 bits per heavy atom. The quantitative estimate of drug-likeness (QED) is 0.910. The average Bonchev–Trinajstić information content (AvgIpc) is 2.73. The van der Waals surface area contributed by atoms with Gasteiger partial charge in [-0.05, 0) is 42.3 Å². The first kappa shape index (κ1) is 14.1. The van der Waals surface area contributed by atoms with E-state index in [2.05, 4.69) is 18.3 Å². The van der Waals surface area contributed by atoms with Crippen molar-refractivity contribution < 1.29 is 9.47 Å². The lowest BCUT2D eigenvalue weighted by Gasteiger charge is -2.12. The summed E-state index contributed by atoms with van der Waals surface area (Å²) in [5.74, 6) is 1.66. The molecule has 0 amide bonds. The van der Waals surface area contributed by atoms with Crippen molar-refractivity contribution in [3.05, 3.63) is 52.5 Å². The lowest BCUT2D eigenvalue weighted by Crippen LogP contribution is -2.02. The highest BCUT2D eigenvalue weighted by molar-refractivity contribution is 6.30. The highest BCUT2D eigenvalue weighted by Gasteiger charge is 2.10. The fourth-order valence-electron chi connectivity index (χ4n) is 2.30. The van der Waals surface area contributed by atoms with Crippen molar-refractivity contribution in [3.8, 4) is 11.5 Å². The van der Waals surface area contributed by atoms with Crippen molar-refractivity contribution in [3.63, 3.8) is 0 Å². The van der Waals surface area contributed by atoms with E-state index in [4.69, 9.17) is 21.1 Å². The third kappa shape index (κ3) is 3.42. The number of hydrogen-bond donors (Lipinski definition) is 1. The lowest BCUT2D eigenvalue weighted by atomic mass is 10.1. The molecule has 2 aromatic rings. The molecule has 21 heavy (non-hydrogen) atoms. The number of anilines is 1. The molecule has 0 unspecified atom stereocenters. The van der Waals surface area contributed by atoms with Crippen LogP contribution in [0.3, 0.4) is 0 Å². The summed E-state index contributed by atoms with van der Waals surface area (Å²) in [5, 5.41) is 4.15. The topological polar surface area (TPSA) is 30.5 Å². The van der Waals surface area contributed by atoms with E-state index in [0.29, 0.717) is 13.2 Å². The van der Waals surface area contributed by atoms with E-state index in [0.717, 1.165) is 40.7 Å². The molecular formula is C17H18ClNO2. The Hall–Kier alpha value is -1.87. The standard InChI is InChI=1S/C17H18ClNO2/c1-12-3-5-14(18)10-15(12)19-11-13-4-6-16-17(9-13)21-8-2-7-20-16/h3-6,9-10,19H,2,7-8,11H2,1H3. The van der Waals surface area contributed by atoms with Crippen LogP contribution in [0.4, 0.5) is 5.69 Å². The van der Waals surface area contributed by atoms with Crippen LogP contribution in [0.1, 0.15) is 17.5 Å². The molecule has 0 atom stereocenters. The van der Waals surface area contributed by atoms with Crippen LogP contribution < -0.4 is 14.8 Å². The summed E-state index contributed by atoms with van der Waals surface area (Å²) < 4.78 is 11.3. The zero-order chi connectivity index (χ0) is 14.7. The monoisotopic (exact) mass is 303 g/mol. The second kappa shape index (κ2) is 6.27. The molecule has 1 heterocycles. The highest BCUT2D eigenvalue weighted by atomic mass is 35.5. The Balaban J connectivity index is 1.73. The molecule has 0 fully saturated rings. The van der Waals surface area contributed by atoms with Crippen LogP contribution in [0.25, 0.3) is 0 Å². The number of hydrogen-bond acceptors (Lipinski definition) is 3. The van der Waals surface area contributed by atoms with Crippen LogP contribution in [0.5, 0.6) is 11.5 Å². The minimum atomic E-state index is 0.706. The Kier molecular flexibility index (Phi) is 4.20. The van der Waals surface area contributed by atoms with E-state index in [9.17, 15) is 0 Å². The van der Waals surface area contributed by atoms with Gasteiger partial charge in [-0.2, -0.15) is 0 Å². The molecule has 0 aliphatic carbocycles. The Morgan fingerprint density at radius 1 is 1.05 bits per heavy atom. The van der Waals surface area contributed by atoms with Gasteiger partial charge < -0.3 is 14.8 Å². The molecule has 3 rings (SSSR count). The van der Waals surface area contributed by atoms with E-state index in [1.54, 1.807) is 0 Å². The number of fused-ring (bicyclic) bond motifs is 1. The van der Waals surface area contributed by atoms with Crippen molar-refractivity contribution >= 4 is 17.3 Å². The predicted octanol–water partition coefficient (Wildman–Crippen LogP) is 4.42. The second-order valence-corrected chi connectivity index (χ2v) is 5.58. The molecular weight excluding hydrogens is 286 g/mol. The van der Waals surface area contributed by atoms with Gasteiger partial charge in [-0.3, -0.25) is 0 Å². The average molecular weight is 304 g/mol. The number of aryl methyl sites for hydroxylation is 1. The van der Waals surface area contributed by atoms with Gasteiger partial charge in [0.15, 0.2) is 11.5 Å². The van der Waals surface area contributed by atoms with Gasteiger partial charge in [0.05, 0.1) is 13.2 Å². The third-order valence-electron chi connectivity index (χ3n) is 3.49. The number of benzene rings is 2. The van der Waals surface area contributed by atoms with Crippen LogP contribution >= 0.6 is 11.6 Å². The summed E-state index contributed by atoms with van der Waals surface area (Å²) in [6, 6.07) is 11.9. The highest BCUT2D eigenvalue weighted by Crippen LogP contribution is 2.31. The molecule has 1 aliphatic heterocycles. The minimum Gasteiger partial charge on any atom is -0.490 e. The van der Waals surface area contributed by atoms with Gasteiger partial charge in [-0.25, -0.2) is 0 Å². The lowest BCUT2D eigenvalue weighted by molar-refractivity contribution is 0.297. The van der Waals surface area contributed by atoms with E-state index in [1.807, 2.05) is 30.3 Å². The van der Waals surface area contributed by atoms with Crippen molar-refractivity contribution in [2.24, 2.45) is 0 Å². The van der Waals surface area contributed by atoms with Crippen LogP contribution in [0, 0.1) is 6.92 Å². The number of ether oxygens (including phenoxy) is 2. The van der Waals surface area contributed by atoms with Crippen molar-refractivity contribution in [2.45, 2.75) is 19.9 Å². The maximum absolute atomic E-state index is 6.04. The molecule has 0 radical (unpaired) electrons. The molecule has 4 heteroatoms. The Labute approximate surface area is 129 Å². The number of rotatable bonds is 3. The summed E-state index contributed by atoms with van der Waals surface area (Å²) in [6.07, 6.45) is 0.921. The first-order valence-corrected chi connectivity index (χ1v) is 7.49. The molecule has 0 saturated carbocycles. The zero-order valence-corrected chi connectivity index (χ0v) is 12.7. The molecule has 110 valence electrons. The maximum atomic E-state index is 6.04. The summed E-state index contributed by atoms with van der Waals surface area (Å²) in [5.41, 5.74) is 3.38. The van der Waals surface area contributed by atoms with E-state index in [-0.39, 0.29) is 0 Å². The molecule has 0 bridgehead atoms. The summed E-state index contributed by atoms with van der Waals surface area (Å²) >= 11 is 6.04. The maximum Gasteiger partial charge on any atom is 0.161 e. The smallest absolute Gasteiger partial charge is 0.161 e. The molecule has 0 aromatic heterocycles. The molecule has 0 saturated heterocycles. The van der Waals surface area contributed by atoms with Crippen LogP contribution in [-0.2, 0) is 6.54 Å². The summed E-state index contributed by atoms with van der Waals surface area (Å²) in [7, 11) is 0. The van der Waals surface area contributed by atoms with Gasteiger partial charge in [0, 0.05) is 23.7 Å². The van der Waals surface area contributed by atoms with Gasteiger partial charge in [0.2, 0.25) is 0 Å². The van der Waals surface area contributed by atoms with E-state index >= 15 is 0 Å². The van der Waals surface area contributed by atoms with Gasteiger partial charge in [0.25, 0.3) is 0 Å². The van der Waals surface area contributed by atoms with E-state index < -0.39 is 0 Å². The van der Waals surface area contributed by atoms with Gasteiger partial charge in [-0.1, -0.05) is 23.7 Å². The van der Waals surface area contributed by atoms with Crippen LogP contribution in [0.15, 0.2) is 36.4 Å². The summed E-state index contributed by atoms with van der Waals surface area (Å²) in [4.78, 5) is 0. The number of nitrogens with one attached hydrogen (secondary N) is 1. The molecule has 1 aliphatic rings. The first-order valence-electron chi connectivity index (χ1n) is 7.11. The summed E-state index contributed by atoms with van der Waals surface area (Å²) in [6.45, 7) is 4.20.